The van der Waals surface area contributed by atoms with Gasteiger partial charge in [-0.3, -0.25) is 0 Å². The molecule has 1 unspecified atom stereocenters. The lowest BCUT2D eigenvalue weighted by Crippen LogP contribution is -2.16. The van der Waals surface area contributed by atoms with Crippen LogP contribution in [0.4, 0.5) is 8.78 Å². The smallest absolute Gasteiger partial charge is 0.129 e. The number of hydrogen-bond donors (Lipinski definition) is 1. The van der Waals surface area contributed by atoms with Gasteiger partial charge in [-0.1, -0.05) is 34.1 Å². The molecule has 1 nitrogen and oxygen atoms in total. The maximum Gasteiger partial charge on any atom is 0.129 e. The highest BCUT2D eigenvalue weighted by Gasteiger charge is 2.16. The van der Waals surface area contributed by atoms with E-state index in [0.29, 0.717) is 6.54 Å². The maximum atomic E-state index is 13.7. The van der Waals surface area contributed by atoms with Crippen molar-refractivity contribution in [1.82, 2.24) is 0 Å². The van der Waals surface area contributed by atoms with Crippen LogP contribution in [0, 0.1) is 11.6 Å². The molecule has 2 N–H and O–H groups in total. The molecule has 0 spiro atoms. The third-order valence-electron chi connectivity index (χ3n) is 3.12. The fraction of sp³-hybridized carbons (Fsp3) is 0.200. The SMILES string of the molecule is NCC(Cc1c(F)cccc1F)c1cccc(Br)c1. The van der Waals surface area contributed by atoms with Gasteiger partial charge in [0.1, 0.15) is 11.6 Å². The third-order valence-corrected chi connectivity index (χ3v) is 3.61. The Balaban J connectivity index is 2.29. The number of hydrogen-bond acceptors (Lipinski definition) is 1. The van der Waals surface area contributed by atoms with Crippen molar-refractivity contribution in [3.05, 3.63) is 69.7 Å². The van der Waals surface area contributed by atoms with Crippen LogP contribution in [0.5, 0.6) is 0 Å². The van der Waals surface area contributed by atoms with Crippen LogP contribution in [0.15, 0.2) is 46.9 Å². The second-order valence-electron chi connectivity index (χ2n) is 4.39. The molecule has 4 heteroatoms. The first kappa shape index (κ1) is 14.2. The van der Waals surface area contributed by atoms with Gasteiger partial charge in [-0.15, -0.1) is 0 Å². The van der Waals surface area contributed by atoms with Gasteiger partial charge in [0.05, 0.1) is 0 Å². The number of benzene rings is 2. The Morgan fingerprint density at radius 1 is 1.05 bits per heavy atom. The molecule has 0 bridgehead atoms. The zero-order valence-electron chi connectivity index (χ0n) is 10.2. The molecular formula is C15H14BrF2N. The Labute approximate surface area is 119 Å². The van der Waals surface area contributed by atoms with Crippen molar-refractivity contribution >= 4 is 15.9 Å². The van der Waals surface area contributed by atoms with E-state index >= 15 is 0 Å². The van der Waals surface area contributed by atoms with E-state index in [1.165, 1.54) is 18.2 Å². The molecule has 0 fully saturated rings. The van der Waals surface area contributed by atoms with Crippen LogP contribution in [0.1, 0.15) is 17.0 Å². The topological polar surface area (TPSA) is 26.0 Å². The summed E-state index contributed by atoms with van der Waals surface area (Å²) in [4.78, 5) is 0. The monoisotopic (exact) mass is 325 g/mol. The van der Waals surface area contributed by atoms with Gasteiger partial charge in [0.2, 0.25) is 0 Å². The highest BCUT2D eigenvalue weighted by Crippen LogP contribution is 2.25. The van der Waals surface area contributed by atoms with E-state index in [1.807, 2.05) is 24.3 Å². The number of rotatable bonds is 4. The molecule has 0 aliphatic heterocycles. The van der Waals surface area contributed by atoms with E-state index in [1.54, 1.807) is 0 Å². The molecule has 0 aliphatic rings. The summed E-state index contributed by atoms with van der Waals surface area (Å²) in [7, 11) is 0. The van der Waals surface area contributed by atoms with Crippen LogP contribution in [0.25, 0.3) is 0 Å². The van der Waals surface area contributed by atoms with Crippen LogP contribution >= 0.6 is 15.9 Å². The summed E-state index contributed by atoms with van der Waals surface area (Å²) < 4.78 is 28.2. The molecule has 19 heavy (non-hydrogen) atoms. The van der Waals surface area contributed by atoms with Crippen LogP contribution in [-0.2, 0) is 6.42 Å². The van der Waals surface area contributed by atoms with E-state index in [0.717, 1.165) is 10.0 Å². The lowest BCUT2D eigenvalue weighted by atomic mass is 9.91. The molecule has 0 saturated heterocycles. The summed E-state index contributed by atoms with van der Waals surface area (Å²) >= 11 is 3.39. The molecule has 2 aromatic rings. The second kappa shape index (κ2) is 6.26. The summed E-state index contributed by atoms with van der Waals surface area (Å²) in [6.07, 6.45) is 0.255. The minimum atomic E-state index is -0.520. The van der Waals surface area contributed by atoms with Gasteiger partial charge in [0.15, 0.2) is 0 Å². The fourth-order valence-electron chi connectivity index (χ4n) is 2.07. The van der Waals surface area contributed by atoms with Crippen molar-refractivity contribution in [3.8, 4) is 0 Å². The van der Waals surface area contributed by atoms with E-state index in [9.17, 15) is 8.78 Å². The highest BCUT2D eigenvalue weighted by atomic mass is 79.9. The molecule has 0 saturated carbocycles. The first-order chi connectivity index (χ1) is 9.11. The standard InChI is InChI=1S/C15H14BrF2N/c16-12-4-1-3-10(7-12)11(9-19)8-13-14(17)5-2-6-15(13)18/h1-7,11H,8-9,19H2. The first-order valence-corrected chi connectivity index (χ1v) is 6.79. The average molecular weight is 326 g/mol. The molecule has 0 aromatic heterocycles. The van der Waals surface area contributed by atoms with Gasteiger partial charge in [-0.05, 0) is 42.8 Å². The molecule has 0 radical (unpaired) electrons. The quantitative estimate of drug-likeness (QED) is 0.903. The lowest BCUT2D eigenvalue weighted by molar-refractivity contribution is 0.538. The van der Waals surface area contributed by atoms with Gasteiger partial charge in [0.25, 0.3) is 0 Å². The van der Waals surface area contributed by atoms with E-state index in [4.69, 9.17) is 5.73 Å². The van der Waals surface area contributed by atoms with Crippen LogP contribution in [0.3, 0.4) is 0 Å². The number of halogens is 3. The van der Waals surface area contributed by atoms with Gasteiger partial charge < -0.3 is 5.73 Å². The molecule has 0 amide bonds. The zero-order chi connectivity index (χ0) is 13.8. The van der Waals surface area contributed by atoms with Gasteiger partial charge >= 0.3 is 0 Å². The Morgan fingerprint density at radius 2 is 1.68 bits per heavy atom. The fourth-order valence-corrected chi connectivity index (χ4v) is 2.49. The Kier molecular flexibility index (Phi) is 4.66. The van der Waals surface area contributed by atoms with Gasteiger partial charge in [0, 0.05) is 16.0 Å². The number of nitrogens with two attached hydrogens (primary N) is 1. The lowest BCUT2D eigenvalue weighted by Gasteiger charge is -2.16. The Hall–Kier alpha value is -1.26. The van der Waals surface area contributed by atoms with Crippen LogP contribution in [0.2, 0.25) is 0 Å². The first-order valence-electron chi connectivity index (χ1n) is 6.00. The minimum absolute atomic E-state index is 0.0953. The van der Waals surface area contributed by atoms with Crippen molar-refractivity contribution in [2.45, 2.75) is 12.3 Å². The van der Waals surface area contributed by atoms with Crippen molar-refractivity contribution in [2.24, 2.45) is 5.73 Å². The molecule has 100 valence electrons. The molecular weight excluding hydrogens is 312 g/mol. The normalized spacial score (nSPS) is 12.4. The molecule has 2 rings (SSSR count). The predicted molar refractivity (Wildman–Crippen MR) is 76.0 cm³/mol. The molecule has 0 aliphatic carbocycles. The van der Waals surface area contributed by atoms with E-state index < -0.39 is 11.6 Å². The Morgan fingerprint density at radius 3 is 2.26 bits per heavy atom. The van der Waals surface area contributed by atoms with Crippen LogP contribution in [-0.4, -0.2) is 6.54 Å². The summed E-state index contributed by atoms with van der Waals surface area (Å²) in [5, 5.41) is 0. The van der Waals surface area contributed by atoms with E-state index in [2.05, 4.69) is 15.9 Å². The van der Waals surface area contributed by atoms with Gasteiger partial charge in [-0.25, -0.2) is 8.78 Å². The molecule has 1 atom stereocenters. The second-order valence-corrected chi connectivity index (χ2v) is 5.31. The summed E-state index contributed by atoms with van der Waals surface area (Å²) in [5.41, 5.74) is 6.81. The maximum absolute atomic E-state index is 13.7. The summed E-state index contributed by atoms with van der Waals surface area (Å²) in [6.45, 7) is 0.338. The van der Waals surface area contributed by atoms with Crippen molar-refractivity contribution < 1.29 is 8.78 Å². The summed E-state index contributed by atoms with van der Waals surface area (Å²) in [6, 6.07) is 11.5. The van der Waals surface area contributed by atoms with Crippen molar-refractivity contribution in [1.29, 1.82) is 0 Å². The van der Waals surface area contributed by atoms with Gasteiger partial charge in [-0.2, -0.15) is 0 Å². The van der Waals surface area contributed by atoms with Crippen molar-refractivity contribution in [3.63, 3.8) is 0 Å². The Bertz CT molecular complexity index is 552. The largest absolute Gasteiger partial charge is 0.330 e. The van der Waals surface area contributed by atoms with E-state index in [-0.39, 0.29) is 17.9 Å². The van der Waals surface area contributed by atoms with Crippen molar-refractivity contribution in [2.75, 3.05) is 6.54 Å². The average Bonchev–Trinajstić information content (AvgIpc) is 2.38. The molecule has 0 heterocycles. The predicted octanol–water partition coefficient (Wildman–Crippen LogP) is 4.01. The minimum Gasteiger partial charge on any atom is -0.330 e. The zero-order valence-corrected chi connectivity index (χ0v) is 11.8. The highest BCUT2D eigenvalue weighted by molar-refractivity contribution is 9.10. The summed E-state index contributed by atoms with van der Waals surface area (Å²) in [5.74, 6) is -1.15. The molecule has 2 aromatic carbocycles. The van der Waals surface area contributed by atoms with Crippen LogP contribution < -0.4 is 5.73 Å². The third kappa shape index (κ3) is 3.39.